The molecule has 0 fully saturated rings. The molecule has 0 radical (unpaired) electrons. The molecule has 2 aromatic heterocycles. The fraction of sp³-hybridized carbons (Fsp3) is 0.211. The molecular formula is C19H17N3O. The van der Waals surface area contributed by atoms with Crippen LogP contribution in [-0.4, -0.2) is 15.1 Å². The molecule has 0 atom stereocenters. The van der Waals surface area contributed by atoms with E-state index in [2.05, 4.69) is 52.1 Å². The smallest absolute Gasteiger partial charge is 0.227 e. The summed E-state index contributed by atoms with van der Waals surface area (Å²) in [5.74, 6) is 7.34. The maximum absolute atomic E-state index is 5.32. The van der Waals surface area contributed by atoms with E-state index >= 15 is 0 Å². The molecule has 0 aliphatic carbocycles. The van der Waals surface area contributed by atoms with Gasteiger partial charge < -0.3 is 4.52 Å². The van der Waals surface area contributed by atoms with Crippen LogP contribution < -0.4 is 0 Å². The van der Waals surface area contributed by atoms with Gasteiger partial charge in [0.2, 0.25) is 11.7 Å². The summed E-state index contributed by atoms with van der Waals surface area (Å²) in [5, 5.41) is 4.08. The zero-order valence-electron chi connectivity index (χ0n) is 13.2. The lowest BCUT2D eigenvalue weighted by molar-refractivity contribution is 0.380. The molecule has 0 aliphatic rings. The summed E-state index contributed by atoms with van der Waals surface area (Å²) in [5.41, 5.74) is 4.10. The lowest BCUT2D eigenvalue weighted by Crippen LogP contribution is -1.88. The van der Waals surface area contributed by atoms with E-state index in [1.54, 1.807) is 6.20 Å². The van der Waals surface area contributed by atoms with Gasteiger partial charge in [0.25, 0.3) is 0 Å². The van der Waals surface area contributed by atoms with E-state index in [1.807, 2.05) is 25.1 Å². The van der Waals surface area contributed by atoms with Crippen LogP contribution >= 0.6 is 0 Å². The van der Waals surface area contributed by atoms with E-state index in [1.165, 1.54) is 5.56 Å². The van der Waals surface area contributed by atoms with E-state index in [9.17, 15) is 0 Å². The monoisotopic (exact) mass is 303 g/mol. The summed E-state index contributed by atoms with van der Waals surface area (Å²) in [7, 11) is 0. The second kappa shape index (κ2) is 6.89. The van der Waals surface area contributed by atoms with Gasteiger partial charge in [-0.15, -0.1) is 0 Å². The Labute approximate surface area is 135 Å². The molecule has 3 aromatic rings. The molecule has 0 N–H and O–H groups in total. The maximum Gasteiger partial charge on any atom is 0.227 e. The topological polar surface area (TPSA) is 51.8 Å². The fourth-order valence-electron chi connectivity index (χ4n) is 2.20. The van der Waals surface area contributed by atoms with Crippen LogP contribution in [0.2, 0.25) is 0 Å². The standard InChI is InChI=1S/C19H17N3O/c1-14-10-11-15(2)17(13-14)19-21-18(23-22-19)9-4-3-7-16-8-5-6-12-20-16/h5-6,8,10-13H,4,9H2,1-2H3. The highest BCUT2D eigenvalue weighted by Crippen LogP contribution is 2.21. The summed E-state index contributed by atoms with van der Waals surface area (Å²) in [6, 6.07) is 11.9. The van der Waals surface area contributed by atoms with Gasteiger partial charge in [-0.25, -0.2) is 4.98 Å². The van der Waals surface area contributed by atoms with Crippen molar-refractivity contribution in [3.05, 3.63) is 65.3 Å². The third-order valence-corrected chi connectivity index (χ3v) is 3.45. The van der Waals surface area contributed by atoms with Crippen LogP contribution in [0.25, 0.3) is 11.4 Å². The Morgan fingerprint density at radius 2 is 2.04 bits per heavy atom. The van der Waals surface area contributed by atoms with Gasteiger partial charge in [0.1, 0.15) is 5.69 Å². The highest BCUT2D eigenvalue weighted by atomic mass is 16.5. The van der Waals surface area contributed by atoms with Crippen molar-refractivity contribution in [1.82, 2.24) is 15.1 Å². The Bertz CT molecular complexity index is 857. The van der Waals surface area contributed by atoms with Crippen LogP contribution in [-0.2, 0) is 6.42 Å². The SMILES string of the molecule is Cc1ccc(C)c(-c2noc(CCC#Cc3ccccn3)n2)c1. The first-order valence-corrected chi connectivity index (χ1v) is 7.52. The predicted octanol–water partition coefficient (Wildman–Crippen LogP) is 3.73. The Morgan fingerprint density at radius 1 is 1.13 bits per heavy atom. The summed E-state index contributed by atoms with van der Waals surface area (Å²) >= 11 is 0. The maximum atomic E-state index is 5.32. The lowest BCUT2D eigenvalue weighted by atomic mass is 10.1. The van der Waals surface area contributed by atoms with Crippen LogP contribution in [0, 0.1) is 25.7 Å². The Kier molecular flexibility index (Phi) is 4.49. The van der Waals surface area contributed by atoms with E-state index in [0.29, 0.717) is 24.6 Å². The number of aryl methyl sites for hydroxylation is 3. The van der Waals surface area contributed by atoms with Gasteiger partial charge in [-0.3, -0.25) is 0 Å². The molecule has 3 rings (SSSR count). The zero-order valence-corrected chi connectivity index (χ0v) is 13.2. The average molecular weight is 303 g/mol. The van der Waals surface area contributed by atoms with Gasteiger partial charge in [0, 0.05) is 24.6 Å². The van der Waals surface area contributed by atoms with Crippen molar-refractivity contribution in [2.24, 2.45) is 0 Å². The first-order valence-electron chi connectivity index (χ1n) is 7.52. The van der Waals surface area contributed by atoms with E-state index in [4.69, 9.17) is 4.52 Å². The van der Waals surface area contributed by atoms with Crippen molar-refractivity contribution in [1.29, 1.82) is 0 Å². The van der Waals surface area contributed by atoms with E-state index < -0.39 is 0 Å². The van der Waals surface area contributed by atoms with Crippen LogP contribution in [0.5, 0.6) is 0 Å². The van der Waals surface area contributed by atoms with Gasteiger partial charge in [-0.1, -0.05) is 34.8 Å². The molecule has 23 heavy (non-hydrogen) atoms. The summed E-state index contributed by atoms with van der Waals surface area (Å²) in [6.45, 7) is 4.10. The molecule has 0 unspecified atom stereocenters. The Balaban J connectivity index is 1.66. The molecule has 2 heterocycles. The van der Waals surface area contributed by atoms with Crippen molar-refractivity contribution in [3.63, 3.8) is 0 Å². The fourth-order valence-corrected chi connectivity index (χ4v) is 2.20. The first kappa shape index (κ1) is 15.0. The minimum atomic E-state index is 0.608. The number of nitrogens with zero attached hydrogens (tertiary/aromatic N) is 3. The largest absolute Gasteiger partial charge is 0.339 e. The van der Waals surface area contributed by atoms with Crippen LogP contribution in [0.15, 0.2) is 47.1 Å². The molecule has 1 aromatic carbocycles. The zero-order chi connectivity index (χ0) is 16.1. The quantitative estimate of drug-likeness (QED) is 0.692. The van der Waals surface area contributed by atoms with Gasteiger partial charge in [-0.2, -0.15) is 4.98 Å². The molecule has 0 aliphatic heterocycles. The minimum Gasteiger partial charge on any atom is -0.339 e. The highest BCUT2D eigenvalue weighted by molar-refractivity contribution is 5.60. The van der Waals surface area contributed by atoms with Crippen LogP contribution in [0.1, 0.15) is 29.1 Å². The number of benzene rings is 1. The third-order valence-electron chi connectivity index (χ3n) is 3.45. The Morgan fingerprint density at radius 3 is 2.87 bits per heavy atom. The molecule has 0 spiro atoms. The van der Waals surface area contributed by atoms with Gasteiger partial charge in [-0.05, 0) is 43.5 Å². The average Bonchev–Trinajstić information content (AvgIpc) is 3.03. The first-order chi connectivity index (χ1) is 11.2. The number of hydrogen-bond donors (Lipinski definition) is 0. The van der Waals surface area contributed by atoms with Gasteiger partial charge in [0.15, 0.2) is 0 Å². The Hall–Kier alpha value is -2.93. The molecule has 0 bridgehead atoms. The molecule has 4 nitrogen and oxygen atoms in total. The predicted molar refractivity (Wildman–Crippen MR) is 88.6 cm³/mol. The molecule has 114 valence electrons. The van der Waals surface area contributed by atoms with Gasteiger partial charge in [0.05, 0.1) is 0 Å². The number of aromatic nitrogens is 3. The molecule has 0 saturated carbocycles. The molecule has 0 amide bonds. The van der Waals surface area contributed by atoms with Crippen molar-refractivity contribution in [3.8, 4) is 23.2 Å². The normalized spacial score (nSPS) is 10.2. The van der Waals surface area contributed by atoms with Gasteiger partial charge >= 0.3 is 0 Å². The second-order valence-corrected chi connectivity index (χ2v) is 5.35. The number of hydrogen-bond acceptors (Lipinski definition) is 4. The summed E-state index contributed by atoms with van der Waals surface area (Å²) in [4.78, 5) is 8.63. The van der Waals surface area contributed by atoms with E-state index in [0.717, 1.165) is 16.8 Å². The van der Waals surface area contributed by atoms with Crippen LogP contribution in [0.3, 0.4) is 0 Å². The molecular weight excluding hydrogens is 286 g/mol. The minimum absolute atomic E-state index is 0.608. The highest BCUT2D eigenvalue weighted by Gasteiger charge is 2.10. The van der Waals surface area contributed by atoms with Crippen molar-refractivity contribution in [2.45, 2.75) is 26.7 Å². The number of pyridine rings is 1. The lowest BCUT2D eigenvalue weighted by Gasteiger charge is -2.01. The van der Waals surface area contributed by atoms with Crippen molar-refractivity contribution < 1.29 is 4.52 Å². The molecule has 4 heteroatoms. The third kappa shape index (κ3) is 3.83. The second-order valence-electron chi connectivity index (χ2n) is 5.35. The van der Waals surface area contributed by atoms with Crippen LogP contribution in [0.4, 0.5) is 0 Å². The number of rotatable bonds is 3. The summed E-state index contributed by atoms with van der Waals surface area (Å²) < 4.78 is 5.32. The van der Waals surface area contributed by atoms with Crippen molar-refractivity contribution in [2.75, 3.05) is 0 Å². The summed E-state index contributed by atoms with van der Waals surface area (Å²) in [6.07, 6.45) is 3.03. The van der Waals surface area contributed by atoms with Crippen molar-refractivity contribution >= 4 is 0 Å². The molecule has 0 saturated heterocycles. The van der Waals surface area contributed by atoms with E-state index in [-0.39, 0.29) is 0 Å².